The molecule has 0 fully saturated rings. The smallest absolute Gasteiger partial charge is 0.410 e. The van der Waals surface area contributed by atoms with Crippen molar-refractivity contribution in [3.05, 3.63) is 12.2 Å². The second-order valence-electron chi connectivity index (χ2n) is 4.17. The highest BCUT2D eigenvalue weighted by Gasteiger charge is 2.19. The number of nitrogens with two attached hydrogens (primary N) is 2. The lowest BCUT2D eigenvalue weighted by atomic mass is 10.2. The lowest BCUT2D eigenvalue weighted by Crippen LogP contribution is -2.41. The number of ether oxygens (including phenoxy) is 2. The Morgan fingerprint density at radius 2 is 2.00 bits per heavy atom. The van der Waals surface area contributed by atoms with Crippen LogP contribution in [0.2, 0.25) is 0 Å². The van der Waals surface area contributed by atoms with Crippen LogP contribution in [0.15, 0.2) is 12.2 Å². The summed E-state index contributed by atoms with van der Waals surface area (Å²) in [6, 6.07) is 0. The Morgan fingerprint density at radius 1 is 1.41 bits per heavy atom. The molecule has 7 heteroatoms. The summed E-state index contributed by atoms with van der Waals surface area (Å²) in [5.74, 6) is 0. The Labute approximate surface area is 100 Å². The van der Waals surface area contributed by atoms with Crippen LogP contribution < -0.4 is 16.8 Å². The van der Waals surface area contributed by atoms with Gasteiger partial charge in [-0.25, -0.2) is 9.59 Å². The molecule has 7 nitrogen and oxygen atoms in total. The van der Waals surface area contributed by atoms with E-state index >= 15 is 0 Å². The van der Waals surface area contributed by atoms with E-state index in [9.17, 15) is 9.59 Å². The lowest BCUT2D eigenvalue weighted by Gasteiger charge is -2.21. The summed E-state index contributed by atoms with van der Waals surface area (Å²) in [6.45, 7) is 5.39. The van der Waals surface area contributed by atoms with Gasteiger partial charge in [-0.1, -0.05) is 6.08 Å². The maximum absolute atomic E-state index is 11.4. The van der Waals surface area contributed by atoms with Gasteiger partial charge in [0.15, 0.2) is 6.23 Å². The number of amides is 2. The molecule has 2 amide bonds. The molecule has 5 N–H and O–H groups in total. The van der Waals surface area contributed by atoms with Crippen molar-refractivity contribution in [1.29, 1.82) is 0 Å². The van der Waals surface area contributed by atoms with Crippen molar-refractivity contribution in [2.24, 2.45) is 11.5 Å². The molecular formula is C10H19N3O4. The molecule has 1 atom stereocenters. The largest absolute Gasteiger partial charge is 0.444 e. The highest BCUT2D eigenvalue weighted by Crippen LogP contribution is 2.07. The summed E-state index contributed by atoms with van der Waals surface area (Å²) in [5, 5.41) is 2.31. The van der Waals surface area contributed by atoms with E-state index in [1.165, 1.54) is 12.2 Å². The minimum Gasteiger partial charge on any atom is -0.444 e. The van der Waals surface area contributed by atoms with E-state index in [0.29, 0.717) is 0 Å². The first-order chi connectivity index (χ1) is 7.74. The molecule has 0 bridgehead atoms. The first-order valence-corrected chi connectivity index (χ1v) is 5.07. The van der Waals surface area contributed by atoms with Gasteiger partial charge in [0.05, 0.1) is 0 Å². The lowest BCUT2D eigenvalue weighted by molar-refractivity contribution is 0.0387. The highest BCUT2D eigenvalue weighted by atomic mass is 16.6. The molecule has 0 aliphatic carbocycles. The maximum Gasteiger partial charge on any atom is 0.410 e. The molecule has 1 unspecified atom stereocenters. The van der Waals surface area contributed by atoms with Crippen molar-refractivity contribution in [3.63, 3.8) is 0 Å². The quantitative estimate of drug-likeness (QED) is 0.491. The van der Waals surface area contributed by atoms with Crippen molar-refractivity contribution in [2.45, 2.75) is 32.6 Å². The third-order valence-corrected chi connectivity index (χ3v) is 1.35. The molecule has 0 saturated heterocycles. The minimum absolute atomic E-state index is 0.245. The summed E-state index contributed by atoms with van der Waals surface area (Å²) in [4.78, 5) is 22.0. The molecule has 98 valence electrons. The molecule has 0 aromatic carbocycles. The van der Waals surface area contributed by atoms with E-state index in [-0.39, 0.29) is 6.54 Å². The molecule has 0 spiro atoms. The van der Waals surface area contributed by atoms with Gasteiger partial charge in [0.1, 0.15) is 5.60 Å². The molecule has 0 saturated carbocycles. The van der Waals surface area contributed by atoms with Gasteiger partial charge in [0.25, 0.3) is 0 Å². The van der Waals surface area contributed by atoms with Crippen molar-refractivity contribution in [3.8, 4) is 0 Å². The van der Waals surface area contributed by atoms with Crippen molar-refractivity contribution in [1.82, 2.24) is 5.32 Å². The van der Waals surface area contributed by atoms with E-state index in [1.54, 1.807) is 20.8 Å². The second kappa shape index (κ2) is 6.74. The van der Waals surface area contributed by atoms with E-state index in [0.717, 1.165) is 0 Å². The predicted octanol–water partition coefficient (Wildman–Crippen LogP) is 0.447. The summed E-state index contributed by atoms with van der Waals surface area (Å²) in [6.07, 6.45) is 0.198. The first kappa shape index (κ1) is 15.2. The fourth-order valence-electron chi connectivity index (χ4n) is 0.868. The van der Waals surface area contributed by atoms with Gasteiger partial charge in [-0.15, -0.1) is 0 Å². The Morgan fingerprint density at radius 3 is 2.41 bits per heavy atom. The Bertz CT molecular complexity index is 296. The summed E-state index contributed by atoms with van der Waals surface area (Å²) in [7, 11) is 0. The number of carbonyl (C=O) groups is 2. The van der Waals surface area contributed by atoms with Crippen LogP contribution in [0.5, 0.6) is 0 Å². The van der Waals surface area contributed by atoms with Crippen LogP contribution in [-0.2, 0) is 9.47 Å². The molecule has 0 heterocycles. The fourth-order valence-corrected chi connectivity index (χ4v) is 0.868. The van der Waals surface area contributed by atoms with E-state index in [4.69, 9.17) is 16.2 Å². The Balaban J connectivity index is 4.37. The normalized spacial score (nSPS) is 13.2. The number of carbonyl (C=O) groups excluding carboxylic acids is 2. The Hall–Kier alpha value is -1.76. The number of rotatable bonds is 4. The average Bonchev–Trinajstić information content (AvgIpc) is 2.09. The monoisotopic (exact) mass is 245 g/mol. The topological polar surface area (TPSA) is 117 Å². The van der Waals surface area contributed by atoms with Crippen LogP contribution in [0, 0.1) is 0 Å². The van der Waals surface area contributed by atoms with Gasteiger partial charge in [-0.2, -0.15) is 0 Å². The number of alkyl carbamates (subject to hydrolysis) is 1. The first-order valence-electron chi connectivity index (χ1n) is 5.07. The van der Waals surface area contributed by atoms with Crippen molar-refractivity contribution in [2.75, 3.05) is 6.54 Å². The number of nitrogens with one attached hydrogen (secondary N) is 1. The van der Waals surface area contributed by atoms with Gasteiger partial charge in [-0.05, 0) is 26.8 Å². The van der Waals surface area contributed by atoms with E-state index in [2.05, 4.69) is 10.1 Å². The van der Waals surface area contributed by atoms with Crippen LogP contribution >= 0.6 is 0 Å². The standard InChI is InChI=1S/C10H19N3O4/c1-10(2,3)17-9(15)13-7(5-4-6-11)16-8(12)14/h4-5,7H,6,11H2,1-3H3,(H2,12,14)(H,13,15)/b5-4+. The van der Waals surface area contributed by atoms with Crippen LogP contribution in [0.1, 0.15) is 20.8 Å². The average molecular weight is 245 g/mol. The minimum atomic E-state index is -1.01. The zero-order chi connectivity index (χ0) is 13.5. The molecule has 17 heavy (non-hydrogen) atoms. The zero-order valence-corrected chi connectivity index (χ0v) is 10.2. The maximum atomic E-state index is 11.4. The van der Waals surface area contributed by atoms with Gasteiger partial charge >= 0.3 is 12.2 Å². The molecule has 0 aromatic rings. The van der Waals surface area contributed by atoms with Crippen LogP contribution in [-0.4, -0.2) is 30.6 Å². The summed E-state index contributed by atoms with van der Waals surface area (Å²) < 4.78 is 9.60. The molecule has 0 aromatic heterocycles. The molecule has 0 radical (unpaired) electrons. The summed E-state index contributed by atoms with van der Waals surface area (Å²) in [5.41, 5.74) is 9.45. The number of primary amides is 1. The Kier molecular flexibility index (Phi) is 6.05. The summed E-state index contributed by atoms with van der Waals surface area (Å²) >= 11 is 0. The number of hydrogen-bond acceptors (Lipinski definition) is 5. The second-order valence-corrected chi connectivity index (χ2v) is 4.17. The van der Waals surface area contributed by atoms with Gasteiger partial charge < -0.3 is 20.9 Å². The zero-order valence-electron chi connectivity index (χ0n) is 10.2. The molecule has 0 rings (SSSR count). The SMILES string of the molecule is CC(C)(C)OC(=O)NC(/C=C/CN)OC(N)=O. The van der Waals surface area contributed by atoms with Gasteiger partial charge in [-0.3, -0.25) is 5.32 Å². The predicted molar refractivity (Wildman–Crippen MR) is 62.0 cm³/mol. The van der Waals surface area contributed by atoms with Crippen LogP contribution in [0.3, 0.4) is 0 Å². The molecular weight excluding hydrogens is 226 g/mol. The fraction of sp³-hybridized carbons (Fsp3) is 0.600. The van der Waals surface area contributed by atoms with Crippen LogP contribution in [0.4, 0.5) is 9.59 Å². The third kappa shape index (κ3) is 9.19. The van der Waals surface area contributed by atoms with E-state index in [1.807, 2.05) is 0 Å². The van der Waals surface area contributed by atoms with E-state index < -0.39 is 24.0 Å². The van der Waals surface area contributed by atoms with Crippen LogP contribution in [0.25, 0.3) is 0 Å². The van der Waals surface area contributed by atoms with Gasteiger partial charge in [0.2, 0.25) is 0 Å². The highest BCUT2D eigenvalue weighted by molar-refractivity contribution is 5.69. The van der Waals surface area contributed by atoms with Crippen molar-refractivity contribution < 1.29 is 19.1 Å². The van der Waals surface area contributed by atoms with Crippen molar-refractivity contribution >= 4 is 12.2 Å². The number of hydrogen-bond donors (Lipinski definition) is 3. The third-order valence-electron chi connectivity index (χ3n) is 1.35. The molecule has 0 aliphatic rings. The molecule has 0 aliphatic heterocycles. The van der Waals surface area contributed by atoms with Gasteiger partial charge in [0, 0.05) is 6.54 Å².